The maximum atomic E-state index is 12.5. The zero-order valence-electron chi connectivity index (χ0n) is 13.3. The summed E-state index contributed by atoms with van der Waals surface area (Å²) in [6, 6.07) is 8.50. The Morgan fingerprint density at radius 1 is 1.31 bits per heavy atom. The molecule has 136 valence electrons. The van der Waals surface area contributed by atoms with Gasteiger partial charge in [-0.15, -0.1) is 0 Å². The van der Waals surface area contributed by atoms with Gasteiger partial charge >= 0.3 is 0 Å². The summed E-state index contributed by atoms with van der Waals surface area (Å²) < 4.78 is 33.5. The number of rotatable bonds is 6. The Morgan fingerprint density at radius 3 is 2.77 bits per heavy atom. The summed E-state index contributed by atoms with van der Waals surface area (Å²) in [5.41, 5.74) is 0.124. The minimum atomic E-state index is -4.05. The second-order valence-electron chi connectivity index (χ2n) is 5.06. The highest BCUT2D eigenvalue weighted by atomic mass is 35.5. The maximum Gasteiger partial charge on any atom is 0.289 e. The standard InChI is InChI=1S/C15H12ClN3O5S2/c1-2-24-9-3-6-12-14(7-9)25-15(17-12)18-26(22,23)10-4-5-11(16)13(8-10)19(20)21/h3-8H,2H2,1H3,(H,17,18). The number of thiazole rings is 1. The Hall–Kier alpha value is -2.43. The van der Waals surface area contributed by atoms with Crippen LogP contribution in [0.2, 0.25) is 5.02 Å². The molecule has 3 rings (SSSR count). The van der Waals surface area contributed by atoms with E-state index in [1.807, 2.05) is 6.92 Å². The summed E-state index contributed by atoms with van der Waals surface area (Å²) in [6.45, 7) is 2.38. The van der Waals surface area contributed by atoms with Crippen LogP contribution in [0.4, 0.5) is 10.8 Å². The molecule has 1 heterocycles. The molecule has 2 aromatic carbocycles. The normalized spacial score (nSPS) is 11.5. The first kappa shape index (κ1) is 18.4. The van der Waals surface area contributed by atoms with E-state index >= 15 is 0 Å². The predicted octanol–water partition coefficient (Wildman–Crippen LogP) is 4.06. The summed E-state index contributed by atoms with van der Waals surface area (Å²) in [4.78, 5) is 14.1. The average Bonchev–Trinajstić information content (AvgIpc) is 2.95. The van der Waals surface area contributed by atoms with Gasteiger partial charge < -0.3 is 4.74 Å². The molecule has 0 amide bonds. The van der Waals surface area contributed by atoms with Crippen molar-refractivity contribution in [3.63, 3.8) is 0 Å². The van der Waals surface area contributed by atoms with E-state index in [2.05, 4.69) is 9.71 Å². The highest BCUT2D eigenvalue weighted by Crippen LogP contribution is 2.32. The van der Waals surface area contributed by atoms with Gasteiger partial charge in [0.05, 0.1) is 26.6 Å². The van der Waals surface area contributed by atoms with Gasteiger partial charge in [0.15, 0.2) is 5.13 Å². The smallest absolute Gasteiger partial charge is 0.289 e. The number of fused-ring (bicyclic) bond motifs is 1. The summed E-state index contributed by atoms with van der Waals surface area (Å²) in [5.74, 6) is 0.659. The lowest BCUT2D eigenvalue weighted by molar-refractivity contribution is -0.384. The number of nitrogens with zero attached hydrogens (tertiary/aromatic N) is 2. The quantitative estimate of drug-likeness (QED) is 0.481. The van der Waals surface area contributed by atoms with Gasteiger partial charge in [-0.05, 0) is 37.3 Å². The molecule has 0 fully saturated rings. The van der Waals surface area contributed by atoms with Crippen LogP contribution in [-0.4, -0.2) is 24.9 Å². The molecule has 0 atom stereocenters. The number of nitro benzene ring substituents is 1. The number of nitrogens with one attached hydrogen (secondary N) is 1. The fraction of sp³-hybridized carbons (Fsp3) is 0.133. The predicted molar refractivity (Wildman–Crippen MR) is 99.7 cm³/mol. The molecule has 3 aromatic rings. The van der Waals surface area contributed by atoms with Gasteiger partial charge in [0.1, 0.15) is 10.8 Å². The maximum absolute atomic E-state index is 12.5. The van der Waals surface area contributed by atoms with E-state index in [4.69, 9.17) is 16.3 Å². The second kappa shape index (κ2) is 7.06. The molecule has 1 N–H and O–H groups in total. The number of hydrogen-bond donors (Lipinski definition) is 1. The van der Waals surface area contributed by atoms with E-state index in [1.54, 1.807) is 18.2 Å². The van der Waals surface area contributed by atoms with Crippen LogP contribution in [0.1, 0.15) is 6.92 Å². The number of hydrogen-bond acceptors (Lipinski definition) is 7. The Labute approximate surface area is 157 Å². The molecule has 0 bridgehead atoms. The molecular weight excluding hydrogens is 402 g/mol. The fourth-order valence-corrected chi connectivity index (χ4v) is 4.51. The van der Waals surface area contributed by atoms with Gasteiger partial charge in [-0.3, -0.25) is 14.8 Å². The molecule has 0 spiro atoms. The molecule has 26 heavy (non-hydrogen) atoms. The molecule has 0 aliphatic carbocycles. The molecule has 11 heteroatoms. The van der Waals surface area contributed by atoms with Crippen molar-refractivity contribution in [1.29, 1.82) is 0 Å². The summed E-state index contributed by atoms with van der Waals surface area (Å²) in [5, 5.41) is 10.9. The van der Waals surface area contributed by atoms with E-state index < -0.39 is 20.6 Å². The zero-order valence-corrected chi connectivity index (χ0v) is 15.7. The van der Waals surface area contributed by atoms with Crippen molar-refractivity contribution in [3.05, 3.63) is 51.5 Å². The lowest BCUT2D eigenvalue weighted by Gasteiger charge is -2.05. The average molecular weight is 414 g/mol. The topological polar surface area (TPSA) is 111 Å². The van der Waals surface area contributed by atoms with E-state index in [9.17, 15) is 18.5 Å². The van der Waals surface area contributed by atoms with Crippen molar-refractivity contribution in [2.24, 2.45) is 0 Å². The molecule has 8 nitrogen and oxygen atoms in total. The van der Waals surface area contributed by atoms with Crippen molar-refractivity contribution in [2.75, 3.05) is 11.3 Å². The number of nitro groups is 1. The summed E-state index contributed by atoms with van der Waals surface area (Å²) >= 11 is 6.85. The summed E-state index contributed by atoms with van der Waals surface area (Å²) in [6.07, 6.45) is 0. The van der Waals surface area contributed by atoms with E-state index in [0.29, 0.717) is 17.9 Å². The van der Waals surface area contributed by atoms with Crippen LogP contribution in [0.15, 0.2) is 41.3 Å². The van der Waals surface area contributed by atoms with Crippen LogP contribution >= 0.6 is 22.9 Å². The van der Waals surface area contributed by atoms with Crippen molar-refractivity contribution >= 4 is 54.0 Å². The van der Waals surface area contributed by atoms with Crippen LogP contribution in [0.5, 0.6) is 5.75 Å². The van der Waals surface area contributed by atoms with Gasteiger partial charge in [0, 0.05) is 6.07 Å². The van der Waals surface area contributed by atoms with E-state index in [-0.39, 0.29) is 15.0 Å². The molecule has 0 radical (unpaired) electrons. The zero-order chi connectivity index (χ0) is 18.9. The molecule has 0 saturated carbocycles. The van der Waals surface area contributed by atoms with Crippen LogP contribution in [0.25, 0.3) is 10.2 Å². The number of ether oxygens (including phenoxy) is 1. The van der Waals surface area contributed by atoms with Crippen LogP contribution in [-0.2, 0) is 10.0 Å². The fourth-order valence-electron chi connectivity index (χ4n) is 2.18. The van der Waals surface area contributed by atoms with Gasteiger partial charge in [-0.25, -0.2) is 13.4 Å². The molecule has 0 unspecified atom stereocenters. The van der Waals surface area contributed by atoms with Crippen molar-refractivity contribution in [1.82, 2.24) is 4.98 Å². The SMILES string of the molecule is CCOc1ccc2nc(NS(=O)(=O)c3ccc(Cl)c([N+](=O)[O-])c3)sc2c1. The first-order valence-electron chi connectivity index (χ1n) is 7.30. The van der Waals surface area contributed by atoms with Gasteiger partial charge in [0.25, 0.3) is 15.7 Å². The molecule has 0 aliphatic heterocycles. The van der Waals surface area contributed by atoms with Crippen molar-refractivity contribution in [3.8, 4) is 5.75 Å². The third-order valence-electron chi connectivity index (χ3n) is 3.32. The Bertz CT molecular complexity index is 1100. The van der Waals surface area contributed by atoms with Crippen molar-refractivity contribution < 1.29 is 18.1 Å². The lowest BCUT2D eigenvalue weighted by Crippen LogP contribution is -2.13. The minimum Gasteiger partial charge on any atom is -0.494 e. The van der Waals surface area contributed by atoms with Gasteiger partial charge in [-0.1, -0.05) is 22.9 Å². The number of sulfonamides is 1. The first-order chi connectivity index (χ1) is 12.3. The molecule has 0 saturated heterocycles. The lowest BCUT2D eigenvalue weighted by atomic mass is 10.3. The minimum absolute atomic E-state index is 0.141. The van der Waals surface area contributed by atoms with Crippen LogP contribution in [0, 0.1) is 10.1 Å². The number of anilines is 1. The van der Waals surface area contributed by atoms with E-state index in [0.717, 1.165) is 22.1 Å². The van der Waals surface area contributed by atoms with E-state index in [1.165, 1.54) is 12.1 Å². The molecule has 1 aromatic heterocycles. The number of benzene rings is 2. The summed E-state index contributed by atoms with van der Waals surface area (Å²) in [7, 11) is -4.05. The second-order valence-corrected chi connectivity index (χ2v) is 8.18. The number of halogens is 1. The van der Waals surface area contributed by atoms with Gasteiger partial charge in [-0.2, -0.15) is 0 Å². The van der Waals surface area contributed by atoms with Gasteiger partial charge in [0.2, 0.25) is 0 Å². The van der Waals surface area contributed by atoms with Crippen LogP contribution in [0.3, 0.4) is 0 Å². The monoisotopic (exact) mass is 413 g/mol. The largest absolute Gasteiger partial charge is 0.494 e. The van der Waals surface area contributed by atoms with Crippen molar-refractivity contribution in [2.45, 2.75) is 11.8 Å². The Kier molecular flexibility index (Phi) is 4.99. The third-order valence-corrected chi connectivity index (χ3v) is 6.04. The molecular formula is C15H12ClN3O5S2. The van der Waals surface area contributed by atoms with Crippen LogP contribution < -0.4 is 9.46 Å². The first-order valence-corrected chi connectivity index (χ1v) is 9.98. The highest BCUT2D eigenvalue weighted by Gasteiger charge is 2.22. The Balaban J connectivity index is 1.93. The molecule has 0 aliphatic rings. The highest BCUT2D eigenvalue weighted by molar-refractivity contribution is 7.93. The number of aromatic nitrogens is 1. The Morgan fingerprint density at radius 2 is 2.08 bits per heavy atom. The third kappa shape index (κ3) is 3.71.